The number of imidazole rings is 1. The third kappa shape index (κ3) is 2.19. The van der Waals surface area contributed by atoms with Crippen molar-refractivity contribution >= 4 is 11.5 Å². The number of aromatic nitrogens is 4. The molecule has 0 radical (unpaired) electrons. The largest absolute Gasteiger partial charge is 0.391 e. The van der Waals surface area contributed by atoms with Gasteiger partial charge in [0, 0.05) is 24.9 Å². The second-order valence-electron chi connectivity index (χ2n) is 3.25. The van der Waals surface area contributed by atoms with Crippen molar-refractivity contribution in [2.45, 2.75) is 6.42 Å². The van der Waals surface area contributed by atoms with Gasteiger partial charge in [-0.25, -0.2) is 9.97 Å². The van der Waals surface area contributed by atoms with Crippen LogP contribution >= 0.6 is 0 Å². The van der Waals surface area contributed by atoms with Gasteiger partial charge in [-0.1, -0.05) is 0 Å². The highest BCUT2D eigenvalue weighted by Gasteiger charge is 2.03. The molecule has 16 heavy (non-hydrogen) atoms. The highest BCUT2D eigenvalue weighted by Crippen LogP contribution is 2.06. The maximum atomic E-state index is 11.2. The first kappa shape index (κ1) is 10.2. The number of hydrogen-bond donors (Lipinski definition) is 4. The van der Waals surface area contributed by atoms with E-state index < -0.39 is 0 Å². The number of nitrogen functional groups attached to an aromatic ring is 1. The van der Waals surface area contributed by atoms with Gasteiger partial charge in [0.25, 0.3) is 5.56 Å². The Morgan fingerprint density at radius 1 is 1.38 bits per heavy atom. The van der Waals surface area contributed by atoms with Crippen LogP contribution in [0.15, 0.2) is 23.6 Å². The average molecular weight is 220 g/mol. The lowest BCUT2D eigenvalue weighted by Gasteiger charge is -2.05. The molecule has 0 spiro atoms. The molecule has 2 heterocycles. The van der Waals surface area contributed by atoms with Crippen LogP contribution in [0.1, 0.15) is 5.69 Å². The molecule has 0 amide bonds. The SMILES string of the molecule is Nc1c(NCCc2cnc[nH]2)nc[nH]c1=O. The molecule has 0 fully saturated rings. The first-order valence-corrected chi connectivity index (χ1v) is 4.81. The number of nitrogens with one attached hydrogen (secondary N) is 3. The van der Waals surface area contributed by atoms with Crippen LogP contribution in [0, 0.1) is 0 Å². The zero-order valence-electron chi connectivity index (χ0n) is 8.53. The standard InChI is InChI=1S/C9H12N6O/c10-7-8(14-5-15-9(7)16)12-2-1-6-3-11-4-13-6/h3-5H,1-2,10H2,(H,11,13)(H2,12,14,15,16). The summed E-state index contributed by atoms with van der Waals surface area (Å²) in [6, 6.07) is 0. The molecule has 0 saturated carbocycles. The maximum Gasteiger partial charge on any atom is 0.276 e. The number of hydrogen-bond acceptors (Lipinski definition) is 5. The molecule has 7 heteroatoms. The first-order valence-electron chi connectivity index (χ1n) is 4.81. The second kappa shape index (κ2) is 4.47. The summed E-state index contributed by atoms with van der Waals surface area (Å²) in [6.07, 6.45) is 5.44. The topological polar surface area (TPSA) is 112 Å². The molecule has 0 bridgehead atoms. The van der Waals surface area contributed by atoms with Crippen molar-refractivity contribution in [1.82, 2.24) is 19.9 Å². The highest BCUT2D eigenvalue weighted by atomic mass is 16.1. The number of nitrogens with zero attached hydrogens (tertiary/aromatic N) is 2. The Balaban J connectivity index is 1.95. The van der Waals surface area contributed by atoms with Crippen LogP contribution in [0.25, 0.3) is 0 Å². The lowest BCUT2D eigenvalue weighted by atomic mass is 10.3. The maximum absolute atomic E-state index is 11.2. The molecule has 84 valence electrons. The zero-order chi connectivity index (χ0) is 11.4. The third-order valence-electron chi connectivity index (χ3n) is 2.13. The number of anilines is 2. The summed E-state index contributed by atoms with van der Waals surface area (Å²) in [5.41, 5.74) is 6.33. The molecule has 5 N–H and O–H groups in total. The summed E-state index contributed by atoms with van der Waals surface area (Å²) in [5, 5.41) is 2.99. The van der Waals surface area contributed by atoms with Crippen molar-refractivity contribution in [1.29, 1.82) is 0 Å². The molecule has 2 aromatic heterocycles. The molecule has 0 aliphatic rings. The summed E-state index contributed by atoms with van der Waals surface area (Å²) >= 11 is 0. The zero-order valence-corrected chi connectivity index (χ0v) is 8.53. The van der Waals surface area contributed by atoms with E-state index in [9.17, 15) is 4.79 Å². The minimum absolute atomic E-state index is 0.104. The van der Waals surface area contributed by atoms with E-state index in [0.29, 0.717) is 12.4 Å². The fourth-order valence-electron chi connectivity index (χ4n) is 1.29. The molecular formula is C9H12N6O. The molecule has 0 aromatic carbocycles. The van der Waals surface area contributed by atoms with Gasteiger partial charge >= 0.3 is 0 Å². The van der Waals surface area contributed by atoms with Crippen LogP contribution in [-0.4, -0.2) is 26.5 Å². The van der Waals surface area contributed by atoms with Crippen LogP contribution in [0.5, 0.6) is 0 Å². The van der Waals surface area contributed by atoms with Crippen molar-refractivity contribution < 1.29 is 0 Å². The van der Waals surface area contributed by atoms with E-state index in [-0.39, 0.29) is 11.2 Å². The first-order chi connectivity index (χ1) is 7.77. The Morgan fingerprint density at radius 2 is 2.25 bits per heavy atom. The summed E-state index contributed by atoms with van der Waals surface area (Å²) in [4.78, 5) is 24.4. The van der Waals surface area contributed by atoms with Gasteiger partial charge in [0.05, 0.1) is 12.7 Å². The molecule has 0 saturated heterocycles. The van der Waals surface area contributed by atoms with E-state index in [1.54, 1.807) is 12.5 Å². The van der Waals surface area contributed by atoms with Crippen LogP contribution in [0.4, 0.5) is 11.5 Å². The molecule has 0 aliphatic heterocycles. The van der Waals surface area contributed by atoms with E-state index in [2.05, 4.69) is 25.3 Å². The summed E-state index contributed by atoms with van der Waals surface area (Å²) in [6.45, 7) is 0.628. The smallest absolute Gasteiger partial charge is 0.276 e. The van der Waals surface area contributed by atoms with Gasteiger partial charge in [-0.05, 0) is 0 Å². The molecule has 0 aliphatic carbocycles. The summed E-state index contributed by atoms with van der Waals surface area (Å²) in [5.74, 6) is 0.406. The van der Waals surface area contributed by atoms with Gasteiger partial charge in [0.2, 0.25) is 0 Å². The molecule has 0 unspecified atom stereocenters. The average Bonchev–Trinajstić information content (AvgIpc) is 2.77. The monoisotopic (exact) mass is 220 g/mol. The fraction of sp³-hybridized carbons (Fsp3) is 0.222. The van der Waals surface area contributed by atoms with Gasteiger partial charge in [0.15, 0.2) is 5.82 Å². The number of H-pyrrole nitrogens is 2. The fourth-order valence-corrected chi connectivity index (χ4v) is 1.29. The van der Waals surface area contributed by atoms with Crippen molar-refractivity contribution in [2.24, 2.45) is 0 Å². The lowest BCUT2D eigenvalue weighted by Crippen LogP contribution is -2.17. The van der Waals surface area contributed by atoms with Crippen LogP contribution < -0.4 is 16.6 Å². The molecule has 0 atom stereocenters. The minimum Gasteiger partial charge on any atom is -0.391 e. The van der Waals surface area contributed by atoms with Gasteiger partial charge in [-0.2, -0.15) is 0 Å². The van der Waals surface area contributed by atoms with Crippen molar-refractivity contribution in [2.75, 3.05) is 17.6 Å². The Morgan fingerprint density at radius 3 is 3.00 bits per heavy atom. The van der Waals surface area contributed by atoms with Crippen LogP contribution in [0.3, 0.4) is 0 Å². The van der Waals surface area contributed by atoms with Crippen molar-refractivity contribution in [3.63, 3.8) is 0 Å². The van der Waals surface area contributed by atoms with Crippen molar-refractivity contribution in [3.8, 4) is 0 Å². The minimum atomic E-state index is -0.334. The van der Waals surface area contributed by atoms with Crippen LogP contribution in [-0.2, 0) is 6.42 Å². The molecule has 7 nitrogen and oxygen atoms in total. The van der Waals surface area contributed by atoms with Gasteiger partial charge in [-0.3, -0.25) is 4.79 Å². The van der Waals surface area contributed by atoms with Crippen molar-refractivity contribution in [3.05, 3.63) is 34.9 Å². The van der Waals surface area contributed by atoms with E-state index in [1.807, 2.05) is 0 Å². The summed E-state index contributed by atoms with van der Waals surface area (Å²) in [7, 11) is 0. The molecule has 2 aromatic rings. The normalized spacial score (nSPS) is 10.2. The van der Waals surface area contributed by atoms with E-state index in [4.69, 9.17) is 5.73 Å². The Labute approximate surface area is 91.1 Å². The van der Waals surface area contributed by atoms with Gasteiger partial charge < -0.3 is 21.0 Å². The van der Waals surface area contributed by atoms with E-state index in [0.717, 1.165) is 12.1 Å². The van der Waals surface area contributed by atoms with E-state index in [1.165, 1.54) is 6.33 Å². The lowest BCUT2D eigenvalue weighted by molar-refractivity contribution is 0.962. The Bertz CT molecular complexity index is 503. The molecule has 2 rings (SSSR count). The highest BCUT2D eigenvalue weighted by molar-refractivity contribution is 5.58. The van der Waals surface area contributed by atoms with Crippen LogP contribution in [0.2, 0.25) is 0 Å². The van der Waals surface area contributed by atoms with Gasteiger partial charge in [-0.15, -0.1) is 0 Å². The summed E-state index contributed by atoms with van der Waals surface area (Å²) < 4.78 is 0. The van der Waals surface area contributed by atoms with Gasteiger partial charge in [0.1, 0.15) is 5.69 Å². The number of nitrogens with two attached hydrogens (primary N) is 1. The quantitative estimate of drug-likeness (QED) is 0.566. The number of rotatable bonds is 4. The Kier molecular flexibility index (Phi) is 2.86. The third-order valence-corrected chi connectivity index (χ3v) is 2.13. The van der Waals surface area contributed by atoms with E-state index >= 15 is 0 Å². The predicted octanol–water partition coefficient (Wildman–Crippen LogP) is -0.270. The predicted molar refractivity (Wildman–Crippen MR) is 60.1 cm³/mol. The Hall–Kier alpha value is -2.31. The second-order valence-corrected chi connectivity index (χ2v) is 3.25. The number of aromatic amines is 2. The molecular weight excluding hydrogens is 208 g/mol.